The van der Waals surface area contributed by atoms with Gasteiger partial charge in [-0.15, -0.1) is 11.8 Å². The van der Waals surface area contributed by atoms with E-state index in [9.17, 15) is 0 Å². The molecule has 3 rings (SSSR count). The highest BCUT2D eigenvalue weighted by molar-refractivity contribution is 7.98. The van der Waals surface area contributed by atoms with Crippen LogP contribution in [-0.2, 0) is 0 Å². The summed E-state index contributed by atoms with van der Waals surface area (Å²) in [6.07, 6.45) is 6.11. The molecule has 17 heavy (non-hydrogen) atoms. The lowest BCUT2D eigenvalue weighted by Gasteiger charge is -1.96. The first-order valence-corrected chi connectivity index (χ1v) is 6.60. The average molecular weight is 242 g/mol. The third kappa shape index (κ3) is 1.91. The molecule has 0 spiro atoms. The molecule has 1 aromatic carbocycles. The summed E-state index contributed by atoms with van der Waals surface area (Å²) in [5.74, 6) is 0.846. The molecule has 84 valence electrons. The summed E-state index contributed by atoms with van der Waals surface area (Å²) < 4.78 is 1.99. The normalized spacial score (nSPS) is 10.9. The quantitative estimate of drug-likeness (QED) is 0.553. The number of aromatic amines is 1. The molecule has 2 aromatic heterocycles. The van der Waals surface area contributed by atoms with Gasteiger partial charge in [-0.2, -0.15) is 0 Å². The van der Waals surface area contributed by atoms with Crippen molar-refractivity contribution >= 4 is 22.8 Å². The van der Waals surface area contributed by atoms with Gasteiger partial charge in [0, 0.05) is 4.90 Å². The highest BCUT2D eigenvalue weighted by Gasteiger charge is 2.12. The predicted molar refractivity (Wildman–Crippen MR) is 69.4 cm³/mol. The summed E-state index contributed by atoms with van der Waals surface area (Å²) in [5.41, 5.74) is 2.05. The van der Waals surface area contributed by atoms with E-state index in [4.69, 9.17) is 0 Å². The fourth-order valence-corrected chi connectivity index (χ4v) is 2.15. The largest absolute Gasteiger partial charge is 0.401 e. The van der Waals surface area contributed by atoms with Crippen LogP contribution in [0.1, 0.15) is 0 Å². The van der Waals surface area contributed by atoms with Gasteiger partial charge in [0.05, 0.1) is 12.4 Å². The number of aromatic nitrogens is 3. The zero-order valence-corrected chi connectivity index (χ0v) is 10.2. The number of hydrogen-bond donors (Lipinski definition) is 1. The maximum Gasteiger partial charge on any atom is 0.401 e. The number of imidazole rings is 1. The van der Waals surface area contributed by atoms with E-state index >= 15 is 0 Å². The number of nitrogens with zero attached hydrogens (tertiary/aromatic N) is 2. The van der Waals surface area contributed by atoms with Crippen LogP contribution in [-0.4, -0.2) is 16.2 Å². The Morgan fingerprint density at radius 3 is 2.59 bits per heavy atom. The van der Waals surface area contributed by atoms with E-state index in [1.165, 1.54) is 4.90 Å². The number of H-pyrrole nitrogens is 1. The molecule has 0 aliphatic heterocycles. The molecule has 0 fully saturated rings. The number of fused-ring (bicyclic) bond motifs is 1. The standard InChI is InChI=1S/C13H12N3S/c1-17-10-6-8-16(9-7-10)13-14-11-4-2-3-5-12(11)15-13/h2-9H,1H3,(H,14,15)/q+1. The Balaban J connectivity index is 2.07. The molecule has 0 saturated carbocycles. The lowest BCUT2D eigenvalue weighted by molar-refractivity contribution is -0.603. The van der Waals surface area contributed by atoms with E-state index in [1.807, 2.05) is 41.2 Å². The zero-order valence-electron chi connectivity index (χ0n) is 9.42. The Kier molecular flexibility index (Phi) is 2.57. The third-order valence-corrected chi connectivity index (χ3v) is 3.40. The molecule has 3 aromatic rings. The van der Waals surface area contributed by atoms with Gasteiger partial charge in [0.25, 0.3) is 0 Å². The fraction of sp³-hybridized carbons (Fsp3) is 0.0769. The molecule has 3 nitrogen and oxygen atoms in total. The van der Waals surface area contributed by atoms with Crippen molar-refractivity contribution in [3.63, 3.8) is 0 Å². The summed E-state index contributed by atoms with van der Waals surface area (Å²) in [5, 5.41) is 0. The highest BCUT2D eigenvalue weighted by Crippen LogP contribution is 2.12. The summed E-state index contributed by atoms with van der Waals surface area (Å²) in [7, 11) is 0. The Bertz CT molecular complexity index is 610. The molecule has 0 radical (unpaired) electrons. The number of nitrogens with one attached hydrogen (secondary N) is 1. The van der Waals surface area contributed by atoms with E-state index in [-0.39, 0.29) is 0 Å². The molecule has 0 amide bonds. The van der Waals surface area contributed by atoms with Gasteiger partial charge in [0.2, 0.25) is 0 Å². The SMILES string of the molecule is CSc1cc[n+](-c2nc3ccccc3[nH]2)cc1. The van der Waals surface area contributed by atoms with Gasteiger partial charge in [-0.3, -0.25) is 0 Å². The summed E-state index contributed by atoms with van der Waals surface area (Å²) in [6.45, 7) is 0. The number of thioether (sulfide) groups is 1. The third-order valence-electron chi connectivity index (χ3n) is 2.66. The lowest BCUT2D eigenvalue weighted by Crippen LogP contribution is -2.30. The molecule has 1 N–H and O–H groups in total. The van der Waals surface area contributed by atoms with Crippen molar-refractivity contribution in [3.05, 3.63) is 48.8 Å². The molecular weight excluding hydrogens is 230 g/mol. The predicted octanol–water partition coefficient (Wildman–Crippen LogP) is 2.56. The molecule has 0 bridgehead atoms. The van der Waals surface area contributed by atoms with E-state index < -0.39 is 0 Å². The van der Waals surface area contributed by atoms with Crippen molar-refractivity contribution in [2.75, 3.05) is 6.26 Å². The Labute approximate surface area is 104 Å². The van der Waals surface area contributed by atoms with Crippen molar-refractivity contribution in [1.29, 1.82) is 0 Å². The number of para-hydroxylation sites is 2. The van der Waals surface area contributed by atoms with Crippen molar-refractivity contribution in [2.45, 2.75) is 4.90 Å². The first-order valence-electron chi connectivity index (χ1n) is 5.37. The minimum atomic E-state index is 0.846. The Morgan fingerprint density at radius 1 is 1.12 bits per heavy atom. The topological polar surface area (TPSA) is 32.6 Å². The van der Waals surface area contributed by atoms with Crippen LogP contribution in [0.2, 0.25) is 0 Å². The number of hydrogen-bond acceptors (Lipinski definition) is 2. The monoisotopic (exact) mass is 242 g/mol. The van der Waals surface area contributed by atoms with Gasteiger partial charge in [-0.1, -0.05) is 17.1 Å². The van der Waals surface area contributed by atoms with E-state index in [1.54, 1.807) is 11.8 Å². The average Bonchev–Trinajstić information content (AvgIpc) is 2.82. The fourth-order valence-electron chi connectivity index (χ4n) is 1.75. The molecule has 0 saturated heterocycles. The lowest BCUT2D eigenvalue weighted by atomic mass is 10.3. The van der Waals surface area contributed by atoms with Gasteiger partial charge >= 0.3 is 5.95 Å². The van der Waals surface area contributed by atoms with Crippen LogP contribution in [0.3, 0.4) is 0 Å². The van der Waals surface area contributed by atoms with E-state index in [0.29, 0.717) is 0 Å². The van der Waals surface area contributed by atoms with Crippen LogP contribution >= 0.6 is 11.8 Å². The van der Waals surface area contributed by atoms with Crippen LogP contribution in [0.4, 0.5) is 0 Å². The molecule has 0 aliphatic rings. The summed E-state index contributed by atoms with van der Waals surface area (Å²) in [6, 6.07) is 12.2. The van der Waals surface area contributed by atoms with Crippen molar-refractivity contribution in [1.82, 2.24) is 9.97 Å². The van der Waals surface area contributed by atoms with Gasteiger partial charge in [0.1, 0.15) is 5.52 Å². The van der Waals surface area contributed by atoms with Crippen LogP contribution in [0.25, 0.3) is 17.0 Å². The minimum Gasteiger partial charge on any atom is -0.238 e. The van der Waals surface area contributed by atoms with Crippen molar-refractivity contribution < 1.29 is 4.57 Å². The molecule has 0 unspecified atom stereocenters. The number of pyridine rings is 1. The molecule has 0 atom stereocenters. The summed E-state index contributed by atoms with van der Waals surface area (Å²) >= 11 is 1.73. The number of rotatable bonds is 2. The Morgan fingerprint density at radius 2 is 1.88 bits per heavy atom. The van der Waals surface area contributed by atoms with Gasteiger partial charge < -0.3 is 0 Å². The van der Waals surface area contributed by atoms with Crippen LogP contribution in [0.5, 0.6) is 0 Å². The molecular formula is C13H12N3S+. The minimum absolute atomic E-state index is 0.846. The van der Waals surface area contributed by atoms with Gasteiger partial charge in [-0.25, -0.2) is 9.55 Å². The smallest absolute Gasteiger partial charge is 0.238 e. The van der Waals surface area contributed by atoms with Crippen LogP contribution in [0, 0.1) is 0 Å². The second kappa shape index (κ2) is 4.22. The maximum absolute atomic E-state index is 4.54. The molecule has 4 heteroatoms. The second-order valence-corrected chi connectivity index (χ2v) is 4.60. The maximum atomic E-state index is 4.54. The van der Waals surface area contributed by atoms with E-state index in [0.717, 1.165) is 17.0 Å². The first-order chi connectivity index (χ1) is 8.36. The molecule has 0 aliphatic carbocycles. The van der Waals surface area contributed by atoms with Gasteiger partial charge in [0.15, 0.2) is 5.52 Å². The summed E-state index contributed by atoms with van der Waals surface area (Å²) in [4.78, 5) is 9.08. The van der Waals surface area contributed by atoms with Crippen LogP contribution < -0.4 is 4.57 Å². The highest BCUT2D eigenvalue weighted by atomic mass is 32.2. The van der Waals surface area contributed by atoms with Crippen molar-refractivity contribution in [3.8, 4) is 5.95 Å². The van der Waals surface area contributed by atoms with Gasteiger partial charge in [-0.05, 0) is 30.5 Å². The Hall–Kier alpha value is -1.81. The van der Waals surface area contributed by atoms with E-state index in [2.05, 4.69) is 28.4 Å². The first kappa shape index (κ1) is 10.4. The van der Waals surface area contributed by atoms with Crippen molar-refractivity contribution in [2.24, 2.45) is 0 Å². The molecule has 2 heterocycles. The number of benzene rings is 1. The van der Waals surface area contributed by atoms with Crippen LogP contribution in [0.15, 0.2) is 53.7 Å². The zero-order chi connectivity index (χ0) is 11.7. The second-order valence-electron chi connectivity index (χ2n) is 3.72.